The Bertz CT molecular complexity index is 1540. The smallest absolute Gasteiger partial charge is 0.242 e. The molecule has 2 atom stereocenters. The van der Waals surface area contributed by atoms with Crippen LogP contribution in [0.3, 0.4) is 0 Å². The van der Waals surface area contributed by atoms with Gasteiger partial charge < -0.3 is 34.9 Å². The van der Waals surface area contributed by atoms with Crippen molar-refractivity contribution in [2.75, 3.05) is 40.3 Å². The summed E-state index contributed by atoms with van der Waals surface area (Å²) in [6, 6.07) is 13.5. The maximum atomic E-state index is 13.5. The summed E-state index contributed by atoms with van der Waals surface area (Å²) in [5.41, 5.74) is 4.07. The Morgan fingerprint density at radius 1 is 0.930 bits per heavy atom. The summed E-state index contributed by atoms with van der Waals surface area (Å²) in [6.45, 7) is 3.60. The van der Waals surface area contributed by atoms with E-state index in [1.54, 1.807) is 34.3 Å². The van der Waals surface area contributed by atoms with Crippen LogP contribution in [0.4, 0.5) is 5.69 Å². The minimum atomic E-state index is -0.678. The van der Waals surface area contributed by atoms with Crippen LogP contribution in [0, 0.1) is 0 Å². The minimum absolute atomic E-state index is 0.207. The van der Waals surface area contributed by atoms with Gasteiger partial charge in [-0.3, -0.25) is 14.4 Å². The molecule has 0 fully saturated rings. The van der Waals surface area contributed by atoms with Crippen molar-refractivity contribution in [2.24, 2.45) is 0 Å². The van der Waals surface area contributed by atoms with E-state index >= 15 is 0 Å². The predicted octanol–water partition coefficient (Wildman–Crippen LogP) is 4.03. The highest BCUT2D eigenvalue weighted by molar-refractivity contribution is 5.85. The lowest BCUT2D eigenvalue weighted by molar-refractivity contribution is -0.121. The second-order valence-electron chi connectivity index (χ2n) is 10.4. The van der Waals surface area contributed by atoms with Crippen LogP contribution < -0.4 is 40.3 Å². The molecule has 2 unspecified atom stereocenters. The van der Waals surface area contributed by atoms with E-state index in [4.69, 9.17) is 18.9 Å². The number of methoxy groups -OCH3 is 4. The normalized spacial score (nSPS) is 14.2. The standard InChI is InChI=1S/C33H39N3O7/c1-19(33(39)34-16-15-21-7-10-23(40-3)11-8-21)35-27-14-12-24-25(18-28(27)38)26(36-20(2)37)13-9-22-17-29(41-4)31(42-5)32(43-6)30(22)24/h7-8,10-12,14,17-19,26H,9,13,15-16H2,1-6H3,(H,34,39)(H,35,38)(H,36,37). The average molecular weight is 590 g/mol. The Labute approximate surface area is 251 Å². The highest BCUT2D eigenvalue weighted by atomic mass is 16.5. The number of carbonyl (C=O) groups excluding carboxylic acids is 2. The van der Waals surface area contributed by atoms with E-state index in [1.807, 2.05) is 36.4 Å². The number of amides is 2. The zero-order valence-corrected chi connectivity index (χ0v) is 25.5. The van der Waals surface area contributed by atoms with Crippen molar-refractivity contribution in [3.8, 4) is 34.1 Å². The van der Waals surface area contributed by atoms with Crippen LogP contribution in [0.1, 0.15) is 43.0 Å². The molecule has 10 heteroatoms. The van der Waals surface area contributed by atoms with Crippen LogP contribution in [0.2, 0.25) is 0 Å². The van der Waals surface area contributed by atoms with Gasteiger partial charge in [0.15, 0.2) is 11.5 Å². The molecule has 10 nitrogen and oxygen atoms in total. The first-order valence-corrected chi connectivity index (χ1v) is 14.1. The van der Waals surface area contributed by atoms with Crippen molar-refractivity contribution in [2.45, 2.75) is 45.2 Å². The van der Waals surface area contributed by atoms with Gasteiger partial charge in [0.05, 0.1) is 40.2 Å². The van der Waals surface area contributed by atoms with Gasteiger partial charge >= 0.3 is 0 Å². The van der Waals surface area contributed by atoms with Crippen LogP contribution in [-0.4, -0.2) is 52.8 Å². The zero-order chi connectivity index (χ0) is 31.1. The summed E-state index contributed by atoms with van der Waals surface area (Å²) < 4.78 is 22.2. The zero-order valence-electron chi connectivity index (χ0n) is 25.5. The highest BCUT2D eigenvalue weighted by Gasteiger charge is 2.29. The fourth-order valence-electron chi connectivity index (χ4n) is 5.40. The van der Waals surface area contributed by atoms with Gasteiger partial charge in [-0.15, -0.1) is 0 Å². The van der Waals surface area contributed by atoms with Gasteiger partial charge in [-0.2, -0.15) is 0 Å². The molecule has 0 aromatic heterocycles. The van der Waals surface area contributed by atoms with E-state index in [0.29, 0.717) is 54.2 Å². The molecule has 1 aliphatic carbocycles. The molecule has 1 aliphatic rings. The molecule has 3 aromatic rings. The molecule has 0 saturated heterocycles. The number of nitrogens with one attached hydrogen (secondary N) is 3. The fraction of sp³-hybridized carbons (Fsp3) is 0.364. The molecule has 0 spiro atoms. The summed E-state index contributed by atoms with van der Waals surface area (Å²) in [7, 11) is 6.27. The Hall–Kier alpha value is -4.73. The molecule has 0 heterocycles. The van der Waals surface area contributed by atoms with Crippen molar-refractivity contribution in [3.05, 3.63) is 75.4 Å². The highest BCUT2D eigenvalue weighted by Crippen LogP contribution is 2.50. The van der Waals surface area contributed by atoms with Gasteiger partial charge in [-0.25, -0.2) is 0 Å². The first kappa shape index (κ1) is 31.2. The van der Waals surface area contributed by atoms with Gasteiger partial charge in [-0.1, -0.05) is 18.2 Å². The predicted molar refractivity (Wildman–Crippen MR) is 165 cm³/mol. The lowest BCUT2D eigenvalue weighted by Gasteiger charge is -2.19. The Morgan fingerprint density at radius 2 is 1.65 bits per heavy atom. The molecule has 0 bridgehead atoms. The summed E-state index contributed by atoms with van der Waals surface area (Å²) in [5, 5.41) is 9.00. The second-order valence-corrected chi connectivity index (χ2v) is 10.4. The summed E-state index contributed by atoms with van der Waals surface area (Å²) in [6.07, 6.45) is 1.81. The molecule has 43 heavy (non-hydrogen) atoms. The van der Waals surface area contributed by atoms with Crippen molar-refractivity contribution in [1.29, 1.82) is 0 Å². The van der Waals surface area contributed by atoms with Gasteiger partial charge in [0.2, 0.25) is 23.0 Å². The van der Waals surface area contributed by atoms with E-state index in [-0.39, 0.29) is 22.9 Å². The van der Waals surface area contributed by atoms with Crippen LogP contribution >= 0.6 is 0 Å². The van der Waals surface area contributed by atoms with Crippen LogP contribution in [-0.2, 0) is 22.4 Å². The van der Waals surface area contributed by atoms with Crippen LogP contribution in [0.5, 0.6) is 23.0 Å². The fourth-order valence-corrected chi connectivity index (χ4v) is 5.40. The summed E-state index contributed by atoms with van der Waals surface area (Å²) in [4.78, 5) is 38.6. The minimum Gasteiger partial charge on any atom is -0.497 e. The molecule has 2 amide bonds. The molecular weight excluding hydrogens is 550 g/mol. The number of ether oxygens (including phenoxy) is 4. The topological polar surface area (TPSA) is 124 Å². The number of hydrogen-bond donors (Lipinski definition) is 3. The molecular formula is C33H39N3O7. The Kier molecular flexibility index (Phi) is 10.1. The first-order valence-electron chi connectivity index (χ1n) is 14.1. The van der Waals surface area contributed by atoms with E-state index < -0.39 is 12.1 Å². The maximum absolute atomic E-state index is 13.5. The first-order chi connectivity index (χ1) is 20.7. The number of hydrogen-bond acceptors (Lipinski definition) is 8. The van der Waals surface area contributed by atoms with E-state index in [9.17, 15) is 14.4 Å². The monoisotopic (exact) mass is 589 g/mol. The van der Waals surface area contributed by atoms with Gasteiger partial charge in [0, 0.05) is 19.0 Å². The molecule has 228 valence electrons. The third kappa shape index (κ3) is 7.02. The molecule has 4 rings (SSSR count). The lowest BCUT2D eigenvalue weighted by Crippen LogP contribution is -2.39. The van der Waals surface area contributed by atoms with Crippen LogP contribution in [0.15, 0.2) is 53.3 Å². The summed E-state index contributed by atoms with van der Waals surface area (Å²) in [5.74, 6) is 1.76. The number of benzene rings is 2. The Balaban J connectivity index is 1.65. The number of anilines is 1. The van der Waals surface area contributed by atoms with Crippen molar-refractivity contribution < 1.29 is 28.5 Å². The number of aryl methyl sites for hydroxylation is 1. The van der Waals surface area contributed by atoms with E-state index in [0.717, 1.165) is 22.4 Å². The molecule has 0 saturated carbocycles. The number of carbonyl (C=O) groups is 2. The quantitative estimate of drug-likeness (QED) is 0.306. The van der Waals surface area contributed by atoms with Crippen LogP contribution in [0.25, 0.3) is 11.1 Å². The van der Waals surface area contributed by atoms with Gasteiger partial charge in [-0.05, 0) is 78.8 Å². The Morgan fingerprint density at radius 3 is 2.28 bits per heavy atom. The SMILES string of the molecule is COc1ccc(CCNC(=O)C(C)Nc2ccc3c(cc2=O)C(NC(C)=O)CCc2cc(OC)c(OC)c(OC)c2-3)cc1. The molecule has 3 aromatic carbocycles. The average Bonchev–Trinajstić information content (AvgIpc) is 3.24. The largest absolute Gasteiger partial charge is 0.497 e. The van der Waals surface area contributed by atoms with Gasteiger partial charge in [0.25, 0.3) is 0 Å². The third-order valence-corrected chi connectivity index (χ3v) is 7.55. The van der Waals surface area contributed by atoms with E-state index in [1.165, 1.54) is 20.1 Å². The molecule has 0 radical (unpaired) electrons. The second kappa shape index (κ2) is 14.0. The third-order valence-electron chi connectivity index (χ3n) is 7.55. The van der Waals surface area contributed by atoms with E-state index in [2.05, 4.69) is 16.0 Å². The molecule has 0 aliphatic heterocycles. The van der Waals surface area contributed by atoms with Crippen molar-refractivity contribution in [1.82, 2.24) is 10.6 Å². The summed E-state index contributed by atoms with van der Waals surface area (Å²) >= 11 is 0. The molecule has 3 N–H and O–H groups in total. The number of fused-ring (bicyclic) bond motifs is 3. The van der Waals surface area contributed by atoms with Crippen molar-refractivity contribution in [3.63, 3.8) is 0 Å². The van der Waals surface area contributed by atoms with Gasteiger partial charge in [0.1, 0.15) is 11.8 Å². The number of rotatable bonds is 11. The van der Waals surface area contributed by atoms with Crippen molar-refractivity contribution >= 4 is 17.5 Å². The lowest BCUT2D eigenvalue weighted by atomic mass is 9.95. The maximum Gasteiger partial charge on any atom is 0.242 e.